The summed E-state index contributed by atoms with van der Waals surface area (Å²) < 4.78 is 4.60. The fourth-order valence-electron chi connectivity index (χ4n) is 2.16. The van der Waals surface area contributed by atoms with Gasteiger partial charge in [-0.15, -0.1) is 6.58 Å². The van der Waals surface area contributed by atoms with Gasteiger partial charge in [-0.1, -0.05) is 23.8 Å². The van der Waals surface area contributed by atoms with Gasteiger partial charge in [-0.25, -0.2) is 4.79 Å². The number of hydrogen-bond acceptors (Lipinski definition) is 5. The normalized spacial score (nSPS) is 17.9. The Morgan fingerprint density at radius 3 is 2.78 bits per heavy atom. The van der Waals surface area contributed by atoms with Gasteiger partial charge in [-0.05, 0) is 37.2 Å². The number of anilines is 1. The predicted molar refractivity (Wildman–Crippen MR) is 93.6 cm³/mol. The minimum absolute atomic E-state index is 0.282. The summed E-state index contributed by atoms with van der Waals surface area (Å²) in [6.07, 6.45) is 2.85. The molecule has 0 aliphatic carbocycles. The minimum Gasteiger partial charge on any atom is -0.466 e. The highest BCUT2D eigenvalue weighted by atomic mass is 32.2. The van der Waals surface area contributed by atoms with Crippen LogP contribution in [0.3, 0.4) is 0 Å². The molecule has 0 unspecified atom stereocenters. The highest BCUT2D eigenvalue weighted by molar-refractivity contribution is 8.19. The van der Waals surface area contributed by atoms with E-state index in [1.165, 1.54) is 18.1 Å². The van der Waals surface area contributed by atoms with E-state index in [0.29, 0.717) is 16.6 Å². The van der Waals surface area contributed by atoms with Gasteiger partial charge in [0.25, 0.3) is 5.91 Å². The molecule has 1 heterocycles. The first-order chi connectivity index (χ1) is 11.0. The molecule has 0 radical (unpaired) electrons. The van der Waals surface area contributed by atoms with Gasteiger partial charge >= 0.3 is 5.97 Å². The first kappa shape index (κ1) is 17.0. The van der Waals surface area contributed by atoms with Crippen LogP contribution in [0.5, 0.6) is 0 Å². The second kappa shape index (κ2) is 7.28. The van der Waals surface area contributed by atoms with Crippen LogP contribution in [-0.2, 0) is 14.3 Å². The summed E-state index contributed by atoms with van der Waals surface area (Å²) in [5, 5.41) is 0.525. The molecular weight excluding hydrogens is 312 g/mol. The minimum atomic E-state index is -0.564. The number of esters is 1. The molecule has 1 aliphatic heterocycles. The maximum absolute atomic E-state index is 12.7. The number of thioether (sulfide) groups is 1. The summed E-state index contributed by atoms with van der Waals surface area (Å²) in [5.41, 5.74) is 2.83. The Bertz CT molecular complexity index is 723. The van der Waals surface area contributed by atoms with Crippen molar-refractivity contribution < 1.29 is 14.3 Å². The van der Waals surface area contributed by atoms with Crippen LogP contribution in [0, 0.1) is 13.8 Å². The van der Waals surface area contributed by atoms with E-state index in [9.17, 15) is 9.59 Å². The van der Waals surface area contributed by atoms with Gasteiger partial charge < -0.3 is 4.74 Å². The Morgan fingerprint density at radius 2 is 2.17 bits per heavy atom. The van der Waals surface area contributed by atoms with Crippen LogP contribution in [0.15, 0.2) is 46.8 Å². The number of hydrogen-bond donors (Lipinski definition) is 0. The first-order valence-electron chi connectivity index (χ1n) is 7.02. The van der Waals surface area contributed by atoms with Crippen molar-refractivity contribution in [3.63, 3.8) is 0 Å². The van der Waals surface area contributed by atoms with Gasteiger partial charge in [0.05, 0.1) is 24.2 Å². The highest BCUT2D eigenvalue weighted by Crippen LogP contribution is 2.36. The van der Waals surface area contributed by atoms with Crippen molar-refractivity contribution in [1.82, 2.24) is 0 Å². The number of amides is 1. The Hall–Kier alpha value is -2.34. The number of benzene rings is 1. The van der Waals surface area contributed by atoms with Crippen LogP contribution in [0.25, 0.3) is 0 Å². The van der Waals surface area contributed by atoms with Crippen LogP contribution in [0.2, 0.25) is 0 Å². The summed E-state index contributed by atoms with van der Waals surface area (Å²) in [6, 6.07) is 5.82. The van der Waals surface area contributed by atoms with Crippen molar-refractivity contribution in [2.45, 2.75) is 13.8 Å². The predicted octanol–water partition coefficient (Wildman–Crippen LogP) is 2.98. The maximum Gasteiger partial charge on any atom is 0.331 e. The van der Waals surface area contributed by atoms with Crippen molar-refractivity contribution in [2.75, 3.05) is 18.6 Å². The second-order valence-electron chi connectivity index (χ2n) is 4.98. The molecule has 0 N–H and O–H groups in total. The van der Waals surface area contributed by atoms with Crippen LogP contribution < -0.4 is 4.90 Å². The standard InChI is InChI=1S/C17H18N2O3S/c1-5-8-18-17-19(13-7-6-11(2)9-12(13)3)16(21)14(23-17)10-15(20)22-4/h5-7,9-10H,1,8H2,2-4H3. The lowest BCUT2D eigenvalue weighted by Gasteiger charge is -2.18. The number of rotatable bonds is 4. The number of amidine groups is 1. The van der Waals surface area contributed by atoms with Gasteiger partial charge in [0.1, 0.15) is 0 Å². The Labute approximate surface area is 139 Å². The number of aryl methyl sites for hydroxylation is 2. The molecule has 1 aromatic carbocycles. The number of aliphatic imine (C=N–C) groups is 1. The van der Waals surface area contributed by atoms with Gasteiger partial charge in [0.15, 0.2) is 5.17 Å². The average molecular weight is 330 g/mol. The van der Waals surface area contributed by atoms with E-state index >= 15 is 0 Å². The number of ether oxygens (including phenoxy) is 1. The molecule has 2 rings (SSSR count). The molecular formula is C17H18N2O3S. The SMILES string of the molecule is C=CCN=C1SC(=CC(=O)OC)C(=O)N1c1ccc(C)cc1C. The number of carbonyl (C=O) groups is 2. The van der Waals surface area contributed by atoms with Crippen molar-refractivity contribution in [2.24, 2.45) is 4.99 Å². The molecule has 23 heavy (non-hydrogen) atoms. The third kappa shape index (κ3) is 3.71. The monoisotopic (exact) mass is 330 g/mol. The van der Waals surface area contributed by atoms with Gasteiger partial charge in [0, 0.05) is 6.08 Å². The van der Waals surface area contributed by atoms with Crippen molar-refractivity contribution in [1.29, 1.82) is 0 Å². The lowest BCUT2D eigenvalue weighted by Crippen LogP contribution is -2.29. The number of carbonyl (C=O) groups excluding carboxylic acids is 2. The lowest BCUT2D eigenvalue weighted by molar-refractivity contribution is -0.135. The Balaban J connectivity index is 2.48. The Morgan fingerprint density at radius 1 is 1.43 bits per heavy atom. The summed E-state index contributed by atoms with van der Waals surface area (Å²) in [4.78, 5) is 30.3. The smallest absolute Gasteiger partial charge is 0.331 e. The zero-order valence-corrected chi connectivity index (χ0v) is 14.1. The zero-order chi connectivity index (χ0) is 17.0. The van der Waals surface area contributed by atoms with E-state index in [2.05, 4.69) is 16.3 Å². The molecule has 0 spiro atoms. The lowest BCUT2D eigenvalue weighted by atomic mass is 10.1. The van der Waals surface area contributed by atoms with Gasteiger partial charge in [0.2, 0.25) is 0 Å². The highest BCUT2D eigenvalue weighted by Gasteiger charge is 2.35. The maximum atomic E-state index is 12.7. The molecule has 1 amide bonds. The third-order valence-corrected chi connectivity index (χ3v) is 4.21. The molecule has 0 bridgehead atoms. The Kier molecular flexibility index (Phi) is 5.39. The molecule has 5 nitrogen and oxygen atoms in total. The molecule has 1 fully saturated rings. The van der Waals surface area contributed by atoms with E-state index in [1.54, 1.807) is 6.08 Å². The van der Waals surface area contributed by atoms with Crippen LogP contribution in [-0.4, -0.2) is 30.7 Å². The summed E-state index contributed by atoms with van der Waals surface area (Å²) in [7, 11) is 1.28. The average Bonchev–Trinajstić information content (AvgIpc) is 2.81. The van der Waals surface area contributed by atoms with Crippen LogP contribution >= 0.6 is 11.8 Å². The summed E-state index contributed by atoms with van der Waals surface area (Å²) >= 11 is 1.16. The quantitative estimate of drug-likeness (QED) is 0.484. The molecule has 1 aliphatic rings. The first-order valence-corrected chi connectivity index (χ1v) is 7.84. The molecule has 6 heteroatoms. The van der Waals surface area contributed by atoms with Crippen molar-refractivity contribution in [3.8, 4) is 0 Å². The largest absolute Gasteiger partial charge is 0.466 e. The topological polar surface area (TPSA) is 59.0 Å². The molecule has 120 valence electrons. The van der Waals surface area contributed by atoms with E-state index < -0.39 is 5.97 Å². The van der Waals surface area contributed by atoms with Gasteiger partial charge in [-0.3, -0.25) is 14.7 Å². The fourth-order valence-corrected chi connectivity index (χ4v) is 3.10. The molecule has 1 saturated heterocycles. The molecule has 0 aromatic heterocycles. The van der Waals surface area contributed by atoms with E-state index in [4.69, 9.17) is 0 Å². The summed E-state index contributed by atoms with van der Waals surface area (Å²) in [5.74, 6) is -0.846. The zero-order valence-electron chi connectivity index (χ0n) is 13.3. The number of methoxy groups -OCH3 is 1. The summed E-state index contributed by atoms with van der Waals surface area (Å²) in [6.45, 7) is 7.96. The third-order valence-electron chi connectivity index (χ3n) is 3.21. The number of nitrogens with zero attached hydrogens (tertiary/aromatic N) is 2. The fraction of sp³-hybridized carbons (Fsp3) is 0.235. The van der Waals surface area contributed by atoms with E-state index in [-0.39, 0.29) is 5.91 Å². The molecule has 1 aromatic rings. The molecule has 0 saturated carbocycles. The van der Waals surface area contributed by atoms with Crippen molar-refractivity contribution >= 4 is 34.5 Å². The van der Waals surface area contributed by atoms with Crippen molar-refractivity contribution in [3.05, 3.63) is 53.0 Å². The second-order valence-corrected chi connectivity index (χ2v) is 5.99. The van der Waals surface area contributed by atoms with E-state index in [1.807, 2.05) is 32.0 Å². The van der Waals surface area contributed by atoms with Gasteiger partial charge in [-0.2, -0.15) is 0 Å². The van der Waals surface area contributed by atoms with Crippen LogP contribution in [0.4, 0.5) is 5.69 Å². The van der Waals surface area contributed by atoms with Crippen LogP contribution in [0.1, 0.15) is 11.1 Å². The van der Waals surface area contributed by atoms with E-state index in [0.717, 1.165) is 28.6 Å². The molecule has 0 atom stereocenters.